The average Bonchev–Trinajstić information content (AvgIpc) is 3.24. The highest BCUT2D eigenvalue weighted by atomic mass is 32.1. The van der Waals surface area contributed by atoms with Gasteiger partial charge in [-0.25, -0.2) is 0 Å². The number of thiophene rings is 1. The van der Waals surface area contributed by atoms with Gasteiger partial charge in [0.2, 0.25) is 5.91 Å². The van der Waals surface area contributed by atoms with Crippen molar-refractivity contribution in [2.24, 2.45) is 0 Å². The predicted octanol–water partition coefficient (Wildman–Crippen LogP) is 3.63. The van der Waals surface area contributed by atoms with E-state index in [0.29, 0.717) is 12.0 Å². The minimum atomic E-state index is 0.0489. The van der Waals surface area contributed by atoms with Crippen LogP contribution in [0.4, 0.5) is 5.69 Å². The Labute approximate surface area is 145 Å². The highest BCUT2D eigenvalue weighted by Crippen LogP contribution is 2.34. The van der Waals surface area contributed by atoms with Gasteiger partial charge in [-0.05, 0) is 55.0 Å². The molecule has 0 bridgehead atoms. The van der Waals surface area contributed by atoms with Crippen molar-refractivity contribution in [2.75, 3.05) is 18.0 Å². The molecule has 3 heterocycles. The largest absolute Gasteiger partial charge is 0.331 e. The number of anilines is 1. The van der Waals surface area contributed by atoms with Gasteiger partial charge in [0.25, 0.3) is 5.91 Å². The Morgan fingerprint density at radius 1 is 1.21 bits per heavy atom. The van der Waals surface area contributed by atoms with Crippen molar-refractivity contribution in [3.05, 3.63) is 51.7 Å². The lowest BCUT2D eigenvalue weighted by atomic mass is 10.00. The fourth-order valence-corrected chi connectivity index (χ4v) is 4.64. The zero-order chi connectivity index (χ0) is 16.7. The Morgan fingerprint density at radius 3 is 2.88 bits per heavy atom. The molecule has 1 aromatic carbocycles. The molecular formula is C19H20N2O2S. The molecule has 1 aromatic heterocycles. The maximum Gasteiger partial charge on any atom is 0.254 e. The number of hydrogen-bond acceptors (Lipinski definition) is 3. The Bertz CT molecular complexity index is 798. The van der Waals surface area contributed by atoms with Crippen molar-refractivity contribution >= 4 is 28.8 Å². The SMILES string of the molecule is CC1c2ccsc2CCN1C(=O)c1cccc(N2CCCC2=O)c1. The maximum absolute atomic E-state index is 13.0. The van der Waals surface area contributed by atoms with E-state index in [9.17, 15) is 9.59 Å². The Kier molecular flexibility index (Phi) is 3.88. The lowest BCUT2D eigenvalue weighted by Gasteiger charge is -2.34. The molecule has 1 fully saturated rings. The molecule has 0 spiro atoms. The van der Waals surface area contributed by atoms with Crippen LogP contribution in [0.1, 0.15) is 46.6 Å². The van der Waals surface area contributed by atoms with E-state index in [4.69, 9.17) is 0 Å². The van der Waals surface area contributed by atoms with Crippen molar-refractivity contribution in [1.29, 1.82) is 0 Å². The summed E-state index contributed by atoms with van der Waals surface area (Å²) in [5.74, 6) is 0.196. The molecule has 0 N–H and O–H groups in total. The number of fused-ring (bicyclic) bond motifs is 1. The summed E-state index contributed by atoms with van der Waals surface area (Å²) < 4.78 is 0. The molecule has 4 rings (SSSR count). The maximum atomic E-state index is 13.0. The number of hydrogen-bond donors (Lipinski definition) is 0. The molecule has 1 saturated heterocycles. The summed E-state index contributed by atoms with van der Waals surface area (Å²) in [6.07, 6.45) is 2.41. The van der Waals surface area contributed by atoms with Gasteiger partial charge in [-0.1, -0.05) is 6.07 Å². The summed E-state index contributed by atoms with van der Waals surface area (Å²) in [6, 6.07) is 9.73. The fourth-order valence-electron chi connectivity index (χ4n) is 3.68. The molecule has 2 aliphatic rings. The van der Waals surface area contributed by atoms with Crippen LogP contribution in [-0.2, 0) is 11.2 Å². The highest BCUT2D eigenvalue weighted by Gasteiger charge is 2.29. The molecule has 0 saturated carbocycles. The molecule has 2 aromatic rings. The van der Waals surface area contributed by atoms with E-state index in [0.717, 1.165) is 31.6 Å². The molecule has 124 valence electrons. The van der Waals surface area contributed by atoms with Gasteiger partial charge in [-0.15, -0.1) is 11.3 Å². The van der Waals surface area contributed by atoms with Gasteiger partial charge in [-0.2, -0.15) is 0 Å². The number of benzene rings is 1. The summed E-state index contributed by atoms with van der Waals surface area (Å²) in [5, 5.41) is 2.11. The van der Waals surface area contributed by atoms with Crippen molar-refractivity contribution in [2.45, 2.75) is 32.2 Å². The Morgan fingerprint density at radius 2 is 2.08 bits per heavy atom. The van der Waals surface area contributed by atoms with E-state index in [-0.39, 0.29) is 17.9 Å². The second-order valence-electron chi connectivity index (χ2n) is 6.42. The number of rotatable bonds is 2. The Hall–Kier alpha value is -2.14. The van der Waals surface area contributed by atoms with Gasteiger partial charge in [0, 0.05) is 35.6 Å². The lowest BCUT2D eigenvalue weighted by molar-refractivity contribution is -0.117. The van der Waals surface area contributed by atoms with E-state index < -0.39 is 0 Å². The van der Waals surface area contributed by atoms with Crippen LogP contribution in [0.5, 0.6) is 0 Å². The zero-order valence-corrected chi connectivity index (χ0v) is 14.5. The topological polar surface area (TPSA) is 40.6 Å². The molecule has 0 radical (unpaired) electrons. The van der Waals surface area contributed by atoms with Crippen molar-refractivity contribution in [1.82, 2.24) is 4.90 Å². The van der Waals surface area contributed by atoms with Gasteiger partial charge in [0.15, 0.2) is 0 Å². The van der Waals surface area contributed by atoms with Crippen LogP contribution in [0.2, 0.25) is 0 Å². The fraction of sp³-hybridized carbons (Fsp3) is 0.368. The number of amides is 2. The quantitative estimate of drug-likeness (QED) is 0.837. The molecule has 4 nitrogen and oxygen atoms in total. The zero-order valence-electron chi connectivity index (χ0n) is 13.7. The smallest absolute Gasteiger partial charge is 0.254 e. The Balaban J connectivity index is 1.60. The normalized spacial score (nSPS) is 20.4. The monoisotopic (exact) mass is 340 g/mol. The first-order valence-corrected chi connectivity index (χ1v) is 9.31. The van der Waals surface area contributed by atoms with Crippen LogP contribution in [0.25, 0.3) is 0 Å². The van der Waals surface area contributed by atoms with E-state index in [1.54, 1.807) is 16.2 Å². The minimum absolute atomic E-state index is 0.0489. The summed E-state index contributed by atoms with van der Waals surface area (Å²) >= 11 is 1.78. The average molecular weight is 340 g/mol. The molecule has 24 heavy (non-hydrogen) atoms. The second kappa shape index (κ2) is 6.06. The first-order valence-electron chi connectivity index (χ1n) is 8.43. The molecule has 1 unspecified atom stereocenters. The van der Waals surface area contributed by atoms with E-state index >= 15 is 0 Å². The standard InChI is InChI=1S/C19H20N2O2S/c1-13-16-8-11-24-17(16)7-10-20(13)19(23)14-4-2-5-15(12-14)21-9-3-6-18(21)22/h2,4-5,8,11-13H,3,6-7,9-10H2,1H3. The van der Waals surface area contributed by atoms with Crippen LogP contribution in [-0.4, -0.2) is 29.8 Å². The van der Waals surface area contributed by atoms with Crippen LogP contribution in [0.3, 0.4) is 0 Å². The molecule has 2 amide bonds. The predicted molar refractivity (Wildman–Crippen MR) is 95.5 cm³/mol. The van der Waals surface area contributed by atoms with E-state index in [1.165, 1.54) is 10.4 Å². The molecule has 5 heteroatoms. The third-order valence-electron chi connectivity index (χ3n) is 5.02. The van der Waals surface area contributed by atoms with Crippen LogP contribution < -0.4 is 4.90 Å². The van der Waals surface area contributed by atoms with Gasteiger partial charge in [-0.3, -0.25) is 9.59 Å². The third-order valence-corrected chi connectivity index (χ3v) is 6.01. The van der Waals surface area contributed by atoms with Crippen LogP contribution in [0, 0.1) is 0 Å². The van der Waals surface area contributed by atoms with Crippen molar-refractivity contribution in [3.63, 3.8) is 0 Å². The van der Waals surface area contributed by atoms with Gasteiger partial charge >= 0.3 is 0 Å². The van der Waals surface area contributed by atoms with Crippen LogP contribution in [0.15, 0.2) is 35.7 Å². The molecular weight excluding hydrogens is 320 g/mol. The summed E-state index contributed by atoms with van der Waals surface area (Å²) in [7, 11) is 0. The minimum Gasteiger partial charge on any atom is -0.331 e. The van der Waals surface area contributed by atoms with Gasteiger partial charge in [0.05, 0.1) is 6.04 Å². The first-order chi connectivity index (χ1) is 11.6. The number of nitrogens with zero attached hydrogens (tertiary/aromatic N) is 2. The van der Waals surface area contributed by atoms with E-state index in [1.807, 2.05) is 29.2 Å². The summed E-state index contributed by atoms with van der Waals surface area (Å²) in [6.45, 7) is 3.59. The van der Waals surface area contributed by atoms with Gasteiger partial charge < -0.3 is 9.80 Å². The number of carbonyl (C=O) groups is 2. The van der Waals surface area contributed by atoms with Crippen molar-refractivity contribution in [3.8, 4) is 0 Å². The molecule has 1 atom stereocenters. The molecule has 2 aliphatic heterocycles. The first kappa shape index (κ1) is 15.4. The van der Waals surface area contributed by atoms with Crippen LogP contribution >= 0.6 is 11.3 Å². The van der Waals surface area contributed by atoms with E-state index in [2.05, 4.69) is 18.4 Å². The van der Waals surface area contributed by atoms with Gasteiger partial charge in [0.1, 0.15) is 0 Å². The van der Waals surface area contributed by atoms with Crippen molar-refractivity contribution < 1.29 is 9.59 Å². The third kappa shape index (κ3) is 2.53. The highest BCUT2D eigenvalue weighted by molar-refractivity contribution is 7.10. The molecule has 0 aliphatic carbocycles. The summed E-state index contributed by atoms with van der Waals surface area (Å²) in [5.41, 5.74) is 2.77. The lowest BCUT2D eigenvalue weighted by Crippen LogP contribution is -2.38. The number of carbonyl (C=O) groups excluding carboxylic acids is 2. The summed E-state index contributed by atoms with van der Waals surface area (Å²) in [4.78, 5) is 30.1. The second-order valence-corrected chi connectivity index (χ2v) is 7.42.